The minimum atomic E-state index is 0.0550. The molecular formula is C24H27N5O2. The van der Waals surface area contributed by atoms with Gasteiger partial charge in [0.15, 0.2) is 0 Å². The van der Waals surface area contributed by atoms with Gasteiger partial charge in [0.25, 0.3) is 5.91 Å². The minimum absolute atomic E-state index is 0.0550. The van der Waals surface area contributed by atoms with E-state index in [-0.39, 0.29) is 23.8 Å². The molecule has 160 valence electrons. The first-order valence-corrected chi connectivity index (χ1v) is 11.2. The standard InChI is InChI=1S/C24H27N5O2/c30-23(17-4-1-2-5-17)27-22-9-13-26-29(22)20-10-14-28(15-11-20)24(31)19-7-8-21-18(16-19)6-3-12-25-21/h3,6-9,12-13,16-17,20H,1-2,4-5,10-11,14-15H2,(H,27,30). The first kappa shape index (κ1) is 19.7. The number of piperidine rings is 1. The van der Waals surface area contributed by atoms with E-state index in [9.17, 15) is 9.59 Å². The van der Waals surface area contributed by atoms with Gasteiger partial charge in [-0.25, -0.2) is 4.68 Å². The van der Waals surface area contributed by atoms with Gasteiger partial charge in [-0.1, -0.05) is 18.9 Å². The Kier molecular flexibility index (Phi) is 5.40. The lowest BCUT2D eigenvalue weighted by Crippen LogP contribution is -2.39. The number of likely N-dealkylation sites (tertiary alicyclic amines) is 1. The first-order valence-electron chi connectivity index (χ1n) is 11.2. The number of rotatable bonds is 4. The molecule has 1 aromatic carbocycles. The van der Waals surface area contributed by atoms with Crippen molar-refractivity contribution in [3.05, 3.63) is 54.4 Å². The smallest absolute Gasteiger partial charge is 0.253 e. The molecule has 0 atom stereocenters. The summed E-state index contributed by atoms with van der Waals surface area (Å²) < 4.78 is 1.93. The zero-order valence-corrected chi connectivity index (χ0v) is 17.5. The van der Waals surface area contributed by atoms with Crippen LogP contribution in [0, 0.1) is 5.92 Å². The highest BCUT2D eigenvalue weighted by atomic mass is 16.2. The lowest BCUT2D eigenvalue weighted by atomic mass is 10.0. The van der Waals surface area contributed by atoms with Gasteiger partial charge in [-0.15, -0.1) is 0 Å². The number of hydrogen-bond donors (Lipinski definition) is 1. The van der Waals surface area contributed by atoms with E-state index in [1.54, 1.807) is 12.4 Å². The highest BCUT2D eigenvalue weighted by molar-refractivity contribution is 5.98. The Morgan fingerprint density at radius 2 is 1.77 bits per heavy atom. The predicted octanol–water partition coefficient (Wildman–Crippen LogP) is 4.04. The molecule has 1 aliphatic carbocycles. The highest BCUT2D eigenvalue weighted by Gasteiger charge is 2.28. The number of amides is 2. The molecule has 0 unspecified atom stereocenters. The number of anilines is 1. The zero-order chi connectivity index (χ0) is 21.2. The summed E-state index contributed by atoms with van der Waals surface area (Å²) in [4.78, 5) is 31.8. The average Bonchev–Trinajstić information content (AvgIpc) is 3.51. The molecule has 2 amide bonds. The van der Waals surface area contributed by atoms with Crippen LogP contribution in [0.4, 0.5) is 5.82 Å². The molecule has 2 aromatic heterocycles. The number of carbonyl (C=O) groups is 2. The summed E-state index contributed by atoms with van der Waals surface area (Å²) in [5.74, 6) is 1.06. The summed E-state index contributed by atoms with van der Waals surface area (Å²) in [6.45, 7) is 1.34. The van der Waals surface area contributed by atoms with Gasteiger partial charge in [0.2, 0.25) is 5.91 Å². The van der Waals surface area contributed by atoms with E-state index in [4.69, 9.17) is 0 Å². The Bertz CT molecular complexity index is 1090. The van der Waals surface area contributed by atoms with Gasteiger partial charge in [0.05, 0.1) is 17.8 Å². The van der Waals surface area contributed by atoms with Crippen LogP contribution in [0.25, 0.3) is 10.9 Å². The lowest BCUT2D eigenvalue weighted by Gasteiger charge is -2.33. The number of pyridine rings is 1. The Labute approximate surface area is 181 Å². The Morgan fingerprint density at radius 3 is 2.58 bits per heavy atom. The number of fused-ring (bicyclic) bond motifs is 1. The fourth-order valence-electron chi connectivity index (χ4n) is 4.83. The molecule has 1 saturated heterocycles. The van der Waals surface area contributed by atoms with Gasteiger partial charge in [-0.2, -0.15) is 5.10 Å². The van der Waals surface area contributed by atoms with E-state index in [0.717, 1.165) is 55.2 Å². The average molecular weight is 418 g/mol. The number of nitrogens with zero attached hydrogens (tertiary/aromatic N) is 4. The normalized spacial score (nSPS) is 17.9. The Morgan fingerprint density at radius 1 is 0.968 bits per heavy atom. The Hall–Kier alpha value is -3.22. The van der Waals surface area contributed by atoms with Gasteiger partial charge in [0.1, 0.15) is 5.82 Å². The van der Waals surface area contributed by atoms with Crippen LogP contribution < -0.4 is 5.32 Å². The second kappa shape index (κ2) is 8.49. The number of carbonyl (C=O) groups excluding carboxylic acids is 2. The molecule has 31 heavy (non-hydrogen) atoms. The fourth-order valence-corrected chi connectivity index (χ4v) is 4.83. The number of hydrogen-bond acceptors (Lipinski definition) is 4. The molecule has 0 bridgehead atoms. The minimum Gasteiger partial charge on any atom is -0.338 e. The monoisotopic (exact) mass is 417 g/mol. The van der Waals surface area contributed by atoms with E-state index in [0.29, 0.717) is 18.7 Å². The molecule has 0 radical (unpaired) electrons. The molecule has 7 nitrogen and oxygen atoms in total. The quantitative estimate of drug-likeness (QED) is 0.695. The van der Waals surface area contributed by atoms with Crippen LogP contribution >= 0.6 is 0 Å². The van der Waals surface area contributed by atoms with Gasteiger partial charge in [0, 0.05) is 42.2 Å². The second-order valence-electron chi connectivity index (χ2n) is 8.57. The largest absolute Gasteiger partial charge is 0.338 e. The summed E-state index contributed by atoms with van der Waals surface area (Å²) in [6, 6.07) is 11.6. The van der Waals surface area contributed by atoms with E-state index >= 15 is 0 Å². The maximum absolute atomic E-state index is 13.0. The molecule has 2 aliphatic rings. The molecule has 1 aliphatic heterocycles. The molecule has 2 fully saturated rings. The van der Waals surface area contributed by atoms with E-state index < -0.39 is 0 Å². The van der Waals surface area contributed by atoms with Gasteiger partial charge in [-0.05, 0) is 49.9 Å². The topological polar surface area (TPSA) is 80.1 Å². The predicted molar refractivity (Wildman–Crippen MR) is 119 cm³/mol. The van der Waals surface area contributed by atoms with Crippen molar-refractivity contribution < 1.29 is 9.59 Å². The summed E-state index contributed by atoms with van der Waals surface area (Å²) >= 11 is 0. The van der Waals surface area contributed by atoms with Crippen molar-refractivity contribution >= 4 is 28.5 Å². The maximum atomic E-state index is 13.0. The molecule has 7 heteroatoms. The summed E-state index contributed by atoms with van der Waals surface area (Å²) in [5, 5.41) is 8.53. The van der Waals surface area contributed by atoms with Gasteiger partial charge >= 0.3 is 0 Å². The van der Waals surface area contributed by atoms with Gasteiger partial charge < -0.3 is 10.2 Å². The molecule has 3 aromatic rings. The molecule has 0 spiro atoms. The number of benzene rings is 1. The first-order chi connectivity index (χ1) is 15.2. The molecular weight excluding hydrogens is 390 g/mol. The lowest BCUT2D eigenvalue weighted by molar-refractivity contribution is -0.119. The fraction of sp³-hybridized carbons (Fsp3) is 0.417. The van der Waals surface area contributed by atoms with Gasteiger partial charge in [-0.3, -0.25) is 14.6 Å². The summed E-state index contributed by atoms with van der Waals surface area (Å²) in [6.07, 6.45) is 9.36. The highest BCUT2D eigenvalue weighted by Crippen LogP contribution is 2.29. The van der Waals surface area contributed by atoms with Crippen molar-refractivity contribution in [1.82, 2.24) is 19.7 Å². The second-order valence-corrected chi connectivity index (χ2v) is 8.57. The van der Waals surface area contributed by atoms with Crippen molar-refractivity contribution in [3.8, 4) is 0 Å². The molecule has 5 rings (SSSR count). The number of nitrogens with one attached hydrogen (secondary N) is 1. The number of aromatic nitrogens is 3. The van der Waals surface area contributed by atoms with E-state index in [1.165, 1.54) is 0 Å². The van der Waals surface area contributed by atoms with Crippen LogP contribution in [0.2, 0.25) is 0 Å². The third-order valence-electron chi connectivity index (χ3n) is 6.60. The summed E-state index contributed by atoms with van der Waals surface area (Å²) in [7, 11) is 0. The van der Waals surface area contributed by atoms with E-state index in [2.05, 4.69) is 15.4 Å². The van der Waals surface area contributed by atoms with Crippen LogP contribution in [-0.4, -0.2) is 44.6 Å². The maximum Gasteiger partial charge on any atom is 0.253 e. The van der Waals surface area contributed by atoms with Crippen molar-refractivity contribution in [2.45, 2.75) is 44.6 Å². The van der Waals surface area contributed by atoms with Crippen LogP contribution in [0.3, 0.4) is 0 Å². The van der Waals surface area contributed by atoms with Crippen LogP contribution in [0.15, 0.2) is 48.8 Å². The Balaban J connectivity index is 1.23. The summed E-state index contributed by atoms with van der Waals surface area (Å²) in [5.41, 5.74) is 1.59. The molecule has 3 heterocycles. The molecule has 1 N–H and O–H groups in total. The van der Waals surface area contributed by atoms with Crippen molar-refractivity contribution in [3.63, 3.8) is 0 Å². The third kappa shape index (κ3) is 4.04. The molecule has 1 saturated carbocycles. The zero-order valence-electron chi connectivity index (χ0n) is 17.5. The van der Waals surface area contributed by atoms with Crippen LogP contribution in [0.1, 0.15) is 54.9 Å². The van der Waals surface area contributed by atoms with E-state index in [1.807, 2.05) is 46.0 Å². The van der Waals surface area contributed by atoms with Crippen molar-refractivity contribution in [2.75, 3.05) is 18.4 Å². The van der Waals surface area contributed by atoms with Crippen LogP contribution in [0.5, 0.6) is 0 Å². The van der Waals surface area contributed by atoms with Crippen molar-refractivity contribution in [1.29, 1.82) is 0 Å². The van der Waals surface area contributed by atoms with Crippen molar-refractivity contribution in [2.24, 2.45) is 5.92 Å². The SMILES string of the molecule is O=C(Nc1ccnn1C1CCN(C(=O)c2ccc3ncccc3c2)CC1)C1CCCC1. The van der Waals surface area contributed by atoms with Crippen LogP contribution in [-0.2, 0) is 4.79 Å². The third-order valence-corrected chi connectivity index (χ3v) is 6.60.